The molecule has 0 spiro atoms. The van der Waals surface area contributed by atoms with Crippen molar-refractivity contribution >= 4 is 34.0 Å². The summed E-state index contributed by atoms with van der Waals surface area (Å²) in [5, 5.41) is 3.55. The van der Waals surface area contributed by atoms with Crippen molar-refractivity contribution in [2.75, 3.05) is 17.7 Å². The monoisotopic (exact) mass is 344 g/mol. The fourth-order valence-corrected chi connectivity index (χ4v) is 3.04. The molecular weight excluding hydrogens is 327 g/mol. The number of nitrogens with one attached hydrogen (secondary N) is 1. The number of anilines is 2. The van der Waals surface area contributed by atoms with Gasteiger partial charge >= 0.3 is 0 Å². The largest absolute Gasteiger partial charge is 0.397 e. The number of ether oxygens (including phenoxy) is 1. The number of hydrogen-bond donors (Lipinski definition) is 2. The summed E-state index contributed by atoms with van der Waals surface area (Å²) in [5.74, 6) is 0.778. The third-order valence-corrected chi connectivity index (χ3v) is 4.25. The molecule has 3 rings (SSSR count). The van der Waals surface area contributed by atoms with Gasteiger partial charge in [0, 0.05) is 10.2 Å². The lowest BCUT2D eigenvalue weighted by Gasteiger charge is -2.21. The maximum atomic E-state index is 6.03. The van der Waals surface area contributed by atoms with E-state index >= 15 is 0 Å². The Labute approximate surface area is 115 Å². The third kappa shape index (κ3) is 2.52. The Morgan fingerprint density at radius 1 is 1.29 bits per heavy atom. The molecule has 1 aromatic rings. The third-order valence-electron chi connectivity index (χ3n) is 3.58. The van der Waals surface area contributed by atoms with Crippen LogP contribution in [0, 0.1) is 9.49 Å². The Balaban J connectivity index is 1.72. The van der Waals surface area contributed by atoms with Crippen LogP contribution in [0.25, 0.3) is 0 Å². The summed E-state index contributed by atoms with van der Waals surface area (Å²) in [6, 6.07) is 6.59. The number of nitrogens with two attached hydrogens (primary N) is 1. The molecule has 1 aliphatic carbocycles. The number of nitrogen functional groups attached to an aromatic ring is 1. The van der Waals surface area contributed by atoms with E-state index in [-0.39, 0.29) is 0 Å². The molecule has 3 nitrogen and oxygen atoms in total. The van der Waals surface area contributed by atoms with Crippen LogP contribution in [0.3, 0.4) is 0 Å². The van der Waals surface area contributed by atoms with Gasteiger partial charge in [0.25, 0.3) is 0 Å². The minimum absolute atomic E-state index is 0.397. The van der Waals surface area contributed by atoms with Gasteiger partial charge in [-0.05, 0) is 66.0 Å². The van der Waals surface area contributed by atoms with Crippen LogP contribution in [0.15, 0.2) is 18.2 Å². The Morgan fingerprint density at radius 2 is 2.12 bits per heavy atom. The number of benzene rings is 1. The highest BCUT2D eigenvalue weighted by atomic mass is 127. The van der Waals surface area contributed by atoms with Crippen molar-refractivity contribution in [3.05, 3.63) is 21.8 Å². The molecule has 17 heavy (non-hydrogen) atoms. The summed E-state index contributed by atoms with van der Waals surface area (Å²) in [7, 11) is 0. The SMILES string of the molecule is Nc1cc(I)ccc1NC1CCOC1C1CC1. The van der Waals surface area contributed by atoms with Crippen molar-refractivity contribution in [1.82, 2.24) is 0 Å². The lowest BCUT2D eigenvalue weighted by molar-refractivity contribution is 0.0898. The van der Waals surface area contributed by atoms with Crippen molar-refractivity contribution in [2.24, 2.45) is 5.92 Å². The zero-order valence-corrected chi connectivity index (χ0v) is 11.8. The summed E-state index contributed by atoms with van der Waals surface area (Å²) in [6.45, 7) is 0.878. The highest BCUT2D eigenvalue weighted by Crippen LogP contribution is 2.40. The second-order valence-corrected chi connectivity index (χ2v) is 6.19. The molecule has 92 valence electrons. The van der Waals surface area contributed by atoms with E-state index in [0.29, 0.717) is 12.1 Å². The molecule has 2 unspecified atom stereocenters. The van der Waals surface area contributed by atoms with E-state index in [4.69, 9.17) is 10.5 Å². The fourth-order valence-electron chi connectivity index (χ4n) is 2.52. The predicted molar refractivity (Wildman–Crippen MR) is 78.1 cm³/mol. The first kappa shape index (κ1) is 11.6. The number of hydrogen-bond acceptors (Lipinski definition) is 3. The van der Waals surface area contributed by atoms with Gasteiger partial charge < -0.3 is 15.8 Å². The van der Waals surface area contributed by atoms with E-state index in [9.17, 15) is 0 Å². The molecular formula is C13H17IN2O. The zero-order valence-electron chi connectivity index (χ0n) is 9.66. The topological polar surface area (TPSA) is 47.3 Å². The lowest BCUT2D eigenvalue weighted by atomic mass is 10.1. The normalized spacial score (nSPS) is 28.3. The number of rotatable bonds is 3. The molecule has 0 aromatic heterocycles. The lowest BCUT2D eigenvalue weighted by Crippen LogP contribution is -2.31. The minimum Gasteiger partial charge on any atom is -0.397 e. The molecule has 4 heteroatoms. The molecule has 0 radical (unpaired) electrons. The van der Waals surface area contributed by atoms with Crippen molar-refractivity contribution in [3.63, 3.8) is 0 Å². The van der Waals surface area contributed by atoms with Crippen molar-refractivity contribution < 1.29 is 4.74 Å². The molecule has 1 heterocycles. The summed E-state index contributed by atoms with van der Waals surface area (Å²) < 4.78 is 6.99. The molecule has 2 aliphatic rings. The molecule has 1 aromatic carbocycles. The van der Waals surface area contributed by atoms with Gasteiger partial charge in [-0.1, -0.05) is 0 Å². The molecule has 0 bridgehead atoms. The maximum Gasteiger partial charge on any atom is 0.0804 e. The Kier molecular flexibility index (Phi) is 3.17. The molecule has 1 saturated carbocycles. The second kappa shape index (κ2) is 4.65. The highest BCUT2D eigenvalue weighted by Gasteiger charge is 2.40. The minimum atomic E-state index is 0.397. The predicted octanol–water partition coefficient (Wildman–Crippen LogP) is 2.85. The van der Waals surface area contributed by atoms with Crippen LogP contribution in [0.4, 0.5) is 11.4 Å². The summed E-state index contributed by atoms with van der Waals surface area (Å²) >= 11 is 2.28. The Morgan fingerprint density at radius 3 is 2.82 bits per heavy atom. The first-order valence-electron chi connectivity index (χ1n) is 6.17. The molecule has 3 N–H and O–H groups in total. The average molecular weight is 344 g/mol. The van der Waals surface area contributed by atoms with Crippen LogP contribution < -0.4 is 11.1 Å². The zero-order chi connectivity index (χ0) is 11.8. The van der Waals surface area contributed by atoms with Crippen LogP contribution in [0.1, 0.15) is 19.3 Å². The van der Waals surface area contributed by atoms with Gasteiger partial charge in [-0.15, -0.1) is 0 Å². The standard InChI is InChI=1S/C13H17IN2O/c14-9-3-4-11(10(15)7-9)16-12-5-6-17-13(12)8-1-2-8/h3-4,7-8,12-13,16H,1-2,5-6,15H2. The Bertz CT molecular complexity index is 420. The van der Waals surface area contributed by atoms with Gasteiger partial charge in [0.05, 0.1) is 23.5 Å². The highest BCUT2D eigenvalue weighted by molar-refractivity contribution is 14.1. The van der Waals surface area contributed by atoms with E-state index < -0.39 is 0 Å². The van der Waals surface area contributed by atoms with Crippen LogP contribution in [0.2, 0.25) is 0 Å². The summed E-state index contributed by atoms with van der Waals surface area (Å²) in [4.78, 5) is 0. The van der Waals surface area contributed by atoms with E-state index in [1.54, 1.807) is 0 Å². The summed E-state index contributed by atoms with van der Waals surface area (Å²) in [6.07, 6.45) is 4.14. The van der Waals surface area contributed by atoms with E-state index in [1.165, 1.54) is 16.4 Å². The van der Waals surface area contributed by atoms with E-state index in [2.05, 4.69) is 40.0 Å². The molecule has 1 saturated heterocycles. The average Bonchev–Trinajstić information content (AvgIpc) is 3.03. The van der Waals surface area contributed by atoms with Gasteiger partial charge in [-0.2, -0.15) is 0 Å². The van der Waals surface area contributed by atoms with Gasteiger partial charge in [0.15, 0.2) is 0 Å². The fraction of sp³-hybridized carbons (Fsp3) is 0.538. The molecule has 1 aliphatic heterocycles. The van der Waals surface area contributed by atoms with E-state index in [1.807, 2.05) is 6.07 Å². The van der Waals surface area contributed by atoms with Crippen molar-refractivity contribution in [1.29, 1.82) is 0 Å². The van der Waals surface area contributed by atoms with Crippen LogP contribution in [0.5, 0.6) is 0 Å². The van der Waals surface area contributed by atoms with Gasteiger partial charge in [0.2, 0.25) is 0 Å². The Hall–Kier alpha value is -0.490. The second-order valence-electron chi connectivity index (χ2n) is 4.94. The van der Waals surface area contributed by atoms with Gasteiger partial charge in [-0.25, -0.2) is 0 Å². The van der Waals surface area contributed by atoms with Crippen LogP contribution in [-0.4, -0.2) is 18.8 Å². The van der Waals surface area contributed by atoms with Crippen LogP contribution in [-0.2, 0) is 4.74 Å². The smallest absolute Gasteiger partial charge is 0.0804 e. The van der Waals surface area contributed by atoms with Crippen molar-refractivity contribution in [2.45, 2.75) is 31.4 Å². The maximum absolute atomic E-state index is 6.03. The van der Waals surface area contributed by atoms with E-state index in [0.717, 1.165) is 30.3 Å². The molecule has 0 amide bonds. The first-order valence-corrected chi connectivity index (χ1v) is 7.25. The quantitative estimate of drug-likeness (QED) is 0.655. The molecule has 2 atom stereocenters. The molecule has 2 fully saturated rings. The van der Waals surface area contributed by atoms with Gasteiger partial charge in [0.1, 0.15) is 0 Å². The van der Waals surface area contributed by atoms with Crippen LogP contribution >= 0.6 is 22.6 Å². The van der Waals surface area contributed by atoms with Gasteiger partial charge in [-0.3, -0.25) is 0 Å². The summed E-state index contributed by atoms with van der Waals surface area (Å²) in [5.41, 5.74) is 7.91. The first-order chi connectivity index (χ1) is 8.24. The number of halogens is 1. The van der Waals surface area contributed by atoms with Crippen molar-refractivity contribution in [3.8, 4) is 0 Å².